The average molecular weight is 426 g/mol. The molecule has 0 spiro atoms. The second-order valence-electron chi connectivity index (χ2n) is 8.36. The largest absolute Gasteiger partial charge is 0.497 e. The van der Waals surface area contributed by atoms with Gasteiger partial charge in [-0.1, -0.05) is 23.9 Å². The van der Waals surface area contributed by atoms with Crippen LogP contribution in [0.1, 0.15) is 24.1 Å². The number of benzene rings is 1. The molecule has 1 saturated heterocycles. The number of nitrogens with zero attached hydrogens (tertiary/aromatic N) is 5. The van der Waals surface area contributed by atoms with E-state index in [2.05, 4.69) is 38.3 Å². The molecule has 7 nitrogen and oxygen atoms in total. The lowest BCUT2D eigenvalue weighted by atomic mass is 9.95. The molecule has 3 heterocycles. The van der Waals surface area contributed by atoms with E-state index < -0.39 is 0 Å². The van der Waals surface area contributed by atoms with Crippen LogP contribution in [0.5, 0.6) is 5.75 Å². The van der Waals surface area contributed by atoms with Crippen molar-refractivity contribution in [2.45, 2.75) is 30.3 Å². The number of aromatic nitrogens is 4. The number of aryl methyl sites for hydroxylation is 1. The number of rotatable bonds is 8. The van der Waals surface area contributed by atoms with Crippen molar-refractivity contribution < 1.29 is 9.15 Å². The number of oxazole rings is 1. The van der Waals surface area contributed by atoms with Gasteiger partial charge in [0.15, 0.2) is 17.3 Å². The number of ether oxygens (including phenoxy) is 1. The highest BCUT2D eigenvalue weighted by Gasteiger charge is 2.60. The van der Waals surface area contributed by atoms with Gasteiger partial charge in [0.1, 0.15) is 5.75 Å². The second kappa shape index (κ2) is 7.74. The molecule has 1 aliphatic heterocycles. The Balaban J connectivity index is 1.13. The maximum Gasteiger partial charge on any atom is 0.202 e. The van der Waals surface area contributed by atoms with Gasteiger partial charge in [0.05, 0.1) is 12.8 Å². The van der Waals surface area contributed by atoms with Crippen LogP contribution in [0.25, 0.3) is 11.6 Å². The molecule has 1 saturated carbocycles. The first-order chi connectivity index (χ1) is 14.6. The minimum absolute atomic E-state index is 0.356. The van der Waals surface area contributed by atoms with Crippen molar-refractivity contribution >= 4 is 11.8 Å². The predicted molar refractivity (Wildman–Crippen MR) is 116 cm³/mol. The molecule has 1 unspecified atom stereocenters. The SMILES string of the molecule is COc1cccc([C@]23CC2CN(CCCSc2nnc(-c4ocnc4C)n2C)C3)c1. The third-order valence-electron chi connectivity index (χ3n) is 6.49. The fraction of sp³-hybridized carbons (Fsp3) is 0.500. The Morgan fingerprint density at radius 1 is 1.33 bits per heavy atom. The lowest BCUT2D eigenvalue weighted by Gasteiger charge is -2.21. The zero-order valence-electron chi connectivity index (χ0n) is 17.7. The number of fused-ring (bicyclic) bond motifs is 1. The maximum absolute atomic E-state index is 5.45. The zero-order valence-corrected chi connectivity index (χ0v) is 18.5. The van der Waals surface area contributed by atoms with Crippen molar-refractivity contribution in [3.8, 4) is 17.3 Å². The third-order valence-corrected chi connectivity index (χ3v) is 7.60. The van der Waals surface area contributed by atoms with Crippen LogP contribution in [-0.4, -0.2) is 57.1 Å². The molecule has 0 amide bonds. The summed E-state index contributed by atoms with van der Waals surface area (Å²) in [7, 11) is 3.72. The average Bonchev–Trinajstić information content (AvgIpc) is 3.05. The quantitative estimate of drug-likeness (QED) is 0.404. The molecular weight excluding hydrogens is 398 g/mol. The van der Waals surface area contributed by atoms with Gasteiger partial charge in [-0.25, -0.2) is 4.98 Å². The Morgan fingerprint density at radius 3 is 3.03 bits per heavy atom. The van der Waals surface area contributed by atoms with Gasteiger partial charge in [0.25, 0.3) is 0 Å². The van der Waals surface area contributed by atoms with Gasteiger partial charge < -0.3 is 18.6 Å². The summed E-state index contributed by atoms with van der Waals surface area (Å²) in [5, 5.41) is 9.53. The van der Waals surface area contributed by atoms with Crippen LogP contribution in [0.15, 0.2) is 40.2 Å². The molecule has 2 atom stereocenters. The lowest BCUT2D eigenvalue weighted by Crippen LogP contribution is -2.27. The Morgan fingerprint density at radius 2 is 2.23 bits per heavy atom. The smallest absolute Gasteiger partial charge is 0.202 e. The number of methoxy groups -OCH3 is 1. The number of hydrogen-bond acceptors (Lipinski definition) is 7. The van der Waals surface area contributed by atoms with Crippen LogP contribution in [0.2, 0.25) is 0 Å². The Kier molecular flexibility index (Phi) is 5.06. The highest BCUT2D eigenvalue weighted by molar-refractivity contribution is 7.99. The normalized spacial score (nSPS) is 23.0. The number of piperidine rings is 1. The van der Waals surface area contributed by atoms with Gasteiger partial charge in [-0.3, -0.25) is 0 Å². The highest BCUT2D eigenvalue weighted by Crippen LogP contribution is 2.59. The van der Waals surface area contributed by atoms with E-state index >= 15 is 0 Å². The Bertz CT molecular complexity index is 1050. The van der Waals surface area contributed by atoms with E-state index in [1.807, 2.05) is 24.6 Å². The van der Waals surface area contributed by atoms with Gasteiger partial charge in [0, 0.05) is 31.3 Å². The van der Waals surface area contributed by atoms with Crippen molar-refractivity contribution in [2.24, 2.45) is 13.0 Å². The van der Waals surface area contributed by atoms with Gasteiger partial charge >= 0.3 is 0 Å². The first-order valence-corrected chi connectivity index (χ1v) is 11.4. The summed E-state index contributed by atoms with van der Waals surface area (Å²) in [4.78, 5) is 6.76. The molecule has 8 heteroatoms. The summed E-state index contributed by atoms with van der Waals surface area (Å²) in [5.41, 5.74) is 2.63. The fourth-order valence-corrected chi connectivity index (χ4v) is 5.58. The van der Waals surface area contributed by atoms with E-state index in [9.17, 15) is 0 Å². The van der Waals surface area contributed by atoms with E-state index in [0.29, 0.717) is 11.2 Å². The number of thioether (sulfide) groups is 1. The Labute approximate surface area is 180 Å². The van der Waals surface area contributed by atoms with E-state index in [1.165, 1.54) is 24.9 Å². The molecule has 1 aliphatic carbocycles. The van der Waals surface area contributed by atoms with Gasteiger partial charge in [-0.05, 0) is 49.9 Å². The monoisotopic (exact) mass is 425 g/mol. The first kappa shape index (κ1) is 19.6. The highest BCUT2D eigenvalue weighted by atomic mass is 32.2. The van der Waals surface area contributed by atoms with Crippen LogP contribution >= 0.6 is 11.8 Å². The van der Waals surface area contributed by atoms with Crippen LogP contribution in [0, 0.1) is 12.8 Å². The van der Waals surface area contributed by atoms with Gasteiger partial charge in [-0.15, -0.1) is 10.2 Å². The summed E-state index contributed by atoms with van der Waals surface area (Å²) < 4.78 is 12.9. The first-order valence-electron chi connectivity index (χ1n) is 10.4. The van der Waals surface area contributed by atoms with Crippen molar-refractivity contribution in [3.63, 3.8) is 0 Å². The zero-order chi connectivity index (χ0) is 20.7. The van der Waals surface area contributed by atoms with E-state index in [-0.39, 0.29) is 0 Å². The van der Waals surface area contributed by atoms with Crippen molar-refractivity contribution in [1.29, 1.82) is 0 Å². The molecule has 0 radical (unpaired) electrons. The molecule has 30 heavy (non-hydrogen) atoms. The molecule has 2 fully saturated rings. The maximum atomic E-state index is 5.45. The van der Waals surface area contributed by atoms with Crippen LogP contribution in [0.3, 0.4) is 0 Å². The summed E-state index contributed by atoms with van der Waals surface area (Å²) in [6.07, 6.45) is 3.90. The minimum Gasteiger partial charge on any atom is -0.497 e. The fourth-order valence-electron chi connectivity index (χ4n) is 4.74. The van der Waals surface area contributed by atoms with Gasteiger partial charge in [-0.2, -0.15) is 0 Å². The molecule has 0 N–H and O–H groups in total. The molecule has 3 aromatic rings. The topological polar surface area (TPSA) is 69.2 Å². The number of hydrogen-bond donors (Lipinski definition) is 0. The molecule has 0 bridgehead atoms. The standard InChI is InChI=1S/C22H27N5O2S/c1-15-19(29-14-23-15)20-24-25-21(26(20)2)30-9-5-8-27-12-17-11-22(17,13-27)16-6-4-7-18(10-16)28-3/h4,6-7,10,14,17H,5,8-9,11-13H2,1-3H3/t17?,22-/m1/s1. The third kappa shape index (κ3) is 3.41. The molecule has 158 valence electrons. The summed E-state index contributed by atoms with van der Waals surface area (Å²) in [6, 6.07) is 8.64. The van der Waals surface area contributed by atoms with E-state index in [4.69, 9.17) is 9.15 Å². The summed E-state index contributed by atoms with van der Waals surface area (Å²) in [5.74, 6) is 4.20. The molecule has 2 aromatic heterocycles. The molecular formula is C22H27N5O2S. The predicted octanol–water partition coefficient (Wildman–Crippen LogP) is 3.54. The number of likely N-dealkylation sites (tertiary alicyclic amines) is 1. The van der Waals surface area contributed by atoms with Crippen LogP contribution < -0.4 is 4.74 Å². The van der Waals surface area contributed by atoms with Crippen LogP contribution in [0.4, 0.5) is 0 Å². The Hall–Kier alpha value is -2.32. The summed E-state index contributed by atoms with van der Waals surface area (Å²) >= 11 is 1.75. The second-order valence-corrected chi connectivity index (χ2v) is 9.42. The molecule has 5 rings (SSSR count). The van der Waals surface area contributed by atoms with Crippen molar-refractivity contribution in [1.82, 2.24) is 24.6 Å². The van der Waals surface area contributed by atoms with Gasteiger partial charge in [0.2, 0.25) is 5.82 Å². The molecule has 2 aliphatic rings. The van der Waals surface area contributed by atoms with Crippen molar-refractivity contribution in [3.05, 3.63) is 41.9 Å². The lowest BCUT2D eigenvalue weighted by molar-refractivity contribution is 0.299. The van der Waals surface area contributed by atoms with Crippen LogP contribution in [-0.2, 0) is 12.5 Å². The van der Waals surface area contributed by atoms with E-state index in [1.54, 1.807) is 18.9 Å². The summed E-state index contributed by atoms with van der Waals surface area (Å²) in [6.45, 7) is 5.41. The molecule has 1 aromatic carbocycles. The van der Waals surface area contributed by atoms with E-state index in [0.717, 1.165) is 53.6 Å². The minimum atomic E-state index is 0.356. The van der Waals surface area contributed by atoms with Crippen molar-refractivity contribution in [2.75, 3.05) is 32.5 Å².